The molecule has 0 spiro atoms. The molecule has 1 aliphatic rings. The summed E-state index contributed by atoms with van der Waals surface area (Å²) in [5, 5.41) is 2.46. The summed E-state index contributed by atoms with van der Waals surface area (Å²) in [5.74, 6) is -0.474. The van der Waals surface area contributed by atoms with Crippen LogP contribution in [0.25, 0.3) is 0 Å². The van der Waals surface area contributed by atoms with Crippen molar-refractivity contribution in [2.24, 2.45) is 11.5 Å². The minimum atomic E-state index is -4.50. The fourth-order valence-corrected chi connectivity index (χ4v) is 2.34. The molecule has 5 N–H and O–H groups in total. The Kier molecular flexibility index (Phi) is 5.05. The van der Waals surface area contributed by atoms with Gasteiger partial charge in [-0.05, 0) is 36.6 Å². The van der Waals surface area contributed by atoms with Crippen molar-refractivity contribution >= 4 is 11.6 Å². The van der Waals surface area contributed by atoms with Crippen LogP contribution in [0.4, 0.5) is 18.9 Å². The minimum absolute atomic E-state index is 0.0536. The van der Waals surface area contributed by atoms with Gasteiger partial charge in [0.25, 0.3) is 5.91 Å². The highest BCUT2D eigenvalue weighted by molar-refractivity contribution is 5.94. The minimum Gasteiger partial charge on any atom is -0.364 e. The second-order valence-electron chi connectivity index (χ2n) is 5.17. The van der Waals surface area contributed by atoms with Crippen LogP contribution in [0.15, 0.2) is 18.2 Å². The van der Waals surface area contributed by atoms with E-state index >= 15 is 0 Å². The zero-order valence-electron chi connectivity index (χ0n) is 11.8. The number of ether oxygens (including phenoxy) is 1. The van der Waals surface area contributed by atoms with Gasteiger partial charge in [-0.25, -0.2) is 0 Å². The predicted octanol–water partition coefficient (Wildman–Crippen LogP) is 1.61. The highest BCUT2D eigenvalue weighted by atomic mass is 19.4. The number of nitrogens with one attached hydrogen (secondary N) is 1. The number of amides is 1. The summed E-state index contributed by atoms with van der Waals surface area (Å²) < 4.78 is 43.9. The number of carbonyl (C=O) groups is 1. The van der Waals surface area contributed by atoms with E-state index < -0.39 is 23.8 Å². The van der Waals surface area contributed by atoms with Crippen molar-refractivity contribution in [2.75, 3.05) is 11.9 Å². The van der Waals surface area contributed by atoms with Crippen LogP contribution < -0.4 is 16.8 Å². The maximum absolute atomic E-state index is 12.8. The number of halogens is 3. The quantitative estimate of drug-likeness (QED) is 0.787. The molecule has 2 rings (SSSR count). The maximum Gasteiger partial charge on any atom is 0.416 e. The molecular weight excluding hydrogens is 299 g/mol. The Morgan fingerprint density at radius 1 is 1.27 bits per heavy atom. The highest BCUT2D eigenvalue weighted by Crippen LogP contribution is 2.32. The van der Waals surface area contributed by atoms with Gasteiger partial charge >= 0.3 is 6.18 Å². The fraction of sp³-hybridized carbons (Fsp3) is 0.500. The lowest BCUT2D eigenvalue weighted by Crippen LogP contribution is -2.30. The molecule has 0 aliphatic carbocycles. The third kappa shape index (κ3) is 3.96. The van der Waals surface area contributed by atoms with Crippen molar-refractivity contribution in [1.82, 2.24) is 0 Å². The molecule has 2 atom stereocenters. The summed E-state index contributed by atoms with van der Waals surface area (Å²) in [6, 6.07) is 3.26. The Hall–Kier alpha value is -1.64. The van der Waals surface area contributed by atoms with Crippen LogP contribution in [0.1, 0.15) is 24.0 Å². The smallest absolute Gasteiger partial charge is 0.364 e. The lowest BCUT2D eigenvalue weighted by atomic mass is 10.1. The summed E-state index contributed by atoms with van der Waals surface area (Å²) >= 11 is 0. The van der Waals surface area contributed by atoms with E-state index in [0.29, 0.717) is 19.4 Å². The Morgan fingerprint density at radius 2 is 2.00 bits per heavy atom. The third-order valence-electron chi connectivity index (χ3n) is 3.49. The van der Waals surface area contributed by atoms with Gasteiger partial charge in [0.15, 0.2) is 0 Å². The molecule has 1 saturated heterocycles. The van der Waals surface area contributed by atoms with E-state index in [2.05, 4.69) is 5.32 Å². The number of hydrogen-bond donors (Lipinski definition) is 3. The van der Waals surface area contributed by atoms with Crippen molar-refractivity contribution < 1.29 is 22.7 Å². The molecule has 1 aliphatic heterocycles. The van der Waals surface area contributed by atoms with E-state index in [1.54, 1.807) is 0 Å². The van der Waals surface area contributed by atoms with Crippen LogP contribution in [0.3, 0.4) is 0 Å². The molecule has 1 fully saturated rings. The van der Waals surface area contributed by atoms with E-state index in [1.165, 1.54) is 6.07 Å². The van der Waals surface area contributed by atoms with Gasteiger partial charge in [0.1, 0.15) is 6.10 Å². The summed E-state index contributed by atoms with van der Waals surface area (Å²) in [7, 11) is 0. The van der Waals surface area contributed by atoms with Crippen molar-refractivity contribution in [1.29, 1.82) is 0 Å². The van der Waals surface area contributed by atoms with E-state index in [1.807, 2.05) is 0 Å². The van der Waals surface area contributed by atoms with E-state index in [9.17, 15) is 18.0 Å². The van der Waals surface area contributed by atoms with Gasteiger partial charge in [0.05, 0.1) is 11.7 Å². The average molecular weight is 317 g/mol. The fourth-order valence-electron chi connectivity index (χ4n) is 2.34. The number of rotatable bonds is 4. The Labute approximate surface area is 125 Å². The van der Waals surface area contributed by atoms with Crippen molar-refractivity contribution in [3.63, 3.8) is 0 Å². The van der Waals surface area contributed by atoms with Crippen molar-refractivity contribution in [3.05, 3.63) is 29.3 Å². The van der Waals surface area contributed by atoms with Gasteiger partial charge in [0.2, 0.25) is 0 Å². The SMILES string of the molecule is NCc1cc(NC(=O)[C@@H]2CC[C@H](CN)O2)cc(C(F)(F)F)c1. The van der Waals surface area contributed by atoms with Gasteiger partial charge < -0.3 is 21.5 Å². The largest absolute Gasteiger partial charge is 0.416 e. The topological polar surface area (TPSA) is 90.4 Å². The average Bonchev–Trinajstić information content (AvgIpc) is 2.95. The first kappa shape index (κ1) is 16.7. The maximum atomic E-state index is 12.8. The van der Waals surface area contributed by atoms with Gasteiger partial charge in [0, 0.05) is 18.8 Å². The number of carbonyl (C=O) groups excluding carboxylic acids is 1. The zero-order valence-corrected chi connectivity index (χ0v) is 11.8. The Balaban J connectivity index is 2.13. The Morgan fingerprint density at radius 3 is 2.55 bits per heavy atom. The first-order chi connectivity index (χ1) is 10.3. The molecule has 0 aromatic heterocycles. The van der Waals surface area contributed by atoms with Gasteiger partial charge in [-0.2, -0.15) is 13.2 Å². The predicted molar refractivity (Wildman–Crippen MR) is 74.9 cm³/mol. The molecule has 22 heavy (non-hydrogen) atoms. The summed E-state index contributed by atoms with van der Waals surface area (Å²) in [5.41, 5.74) is 10.4. The van der Waals surface area contributed by atoms with E-state index in [0.717, 1.165) is 12.1 Å². The van der Waals surface area contributed by atoms with Crippen LogP contribution in [0, 0.1) is 0 Å². The first-order valence-corrected chi connectivity index (χ1v) is 6.91. The first-order valence-electron chi connectivity index (χ1n) is 6.91. The molecule has 0 bridgehead atoms. The third-order valence-corrected chi connectivity index (χ3v) is 3.49. The van der Waals surface area contributed by atoms with E-state index in [4.69, 9.17) is 16.2 Å². The second kappa shape index (κ2) is 6.64. The second-order valence-corrected chi connectivity index (χ2v) is 5.17. The molecule has 5 nitrogen and oxygen atoms in total. The van der Waals surface area contributed by atoms with Gasteiger partial charge in [-0.1, -0.05) is 0 Å². The number of alkyl halides is 3. The molecule has 0 saturated carbocycles. The summed E-state index contributed by atoms with van der Waals surface area (Å²) in [6.45, 7) is 0.257. The molecule has 1 heterocycles. The van der Waals surface area contributed by atoms with E-state index in [-0.39, 0.29) is 23.9 Å². The molecular formula is C14H18F3N3O2. The Bertz CT molecular complexity index is 549. The van der Waals surface area contributed by atoms with Crippen LogP contribution in [-0.4, -0.2) is 24.7 Å². The van der Waals surface area contributed by atoms with Crippen LogP contribution in [-0.2, 0) is 22.3 Å². The number of anilines is 1. The standard InChI is InChI=1S/C14H18F3N3O2/c15-14(16,17)9-3-8(6-18)4-10(5-9)20-13(21)12-2-1-11(7-19)22-12/h3-5,11-12H,1-2,6-7,18-19H2,(H,20,21)/t11-,12+/m1/s1. The summed E-state index contributed by atoms with van der Waals surface area (Å²) in [4.78, 5) is 12.0. The monoisotopic (exact) mass is 317 g/mol. The number of nitrogens with two attached hydrogens (primary N) is 2. The molecule has 8 heteroatoms. The molecule has 0 unspecified atom stereocenters. The summed E-state index contributed by atoms with van der Waals surface area (Å²) in [6.07, 6.45) is -4.22. The highest BCUT2D eigenvalue weighted by Gasteiger charge is 2.32. The van der Waals surface area contributed by atoms with Crippen molar-refractivity contribution in [3.8, 4) is 0 Å². The molecule has 1 aromatic carbocycles. The lowest BCUT2D eigenvalue weighted by Gasteiger charge is -2.15. The molecule has 1 amide bonds. The lowest BCUT2D eigenvalue weighted by molar-refractivity contribution is -0.137. The van der Waals surface area contributed by atoms with Crippen molar-refractivity contribution in [2.45, 2.75) is 37.8 Å². The van der Waals surface area contributed by atoms with Crippen LogP contribution in [0.5, 0.6) is 0 Å². The van der Waals surface area contributed by atoms with Crippen LogP contribution >= 0.6 is 0 Å². The molecule has 1 aromatic rings. The number of benzene rings is 1. The number of hydrogen-bond acceptors (Lipinski definition) is 4. The van der Waals surface area contributed by atoms with Gasteiger partial charge in [-0.3, -0.25) is 4.79 Å². The normalized spacial score (nSPS) is 21.9. The molecule has 0 radical (unpaired) electrons. The zero-order chi connectivity index (χ0) is 16.3. The van der Waals surface area contributed by atoms with Crippen LogP contribution in [0.2, 0.25) is 0 Å². The van der Waals surface area contributed by atoms with Gasteiger partial charge in [-0.15, -0.1) is 0 Å². The molecule has 122 valence electrons.